The summed E-state index contributed by atoms with van der Waals surface area (Å²) in [5.74, 6) is -0.727. The van der Waals surface area contributed by atoms with E-state index in [0.717, 1.165) is 45.0 Å². The first kappa shape index (κ1) is 44.0. The van der Waals surface area contributed by atoms with Gasteiger partial charge < -0.3 is 19.3 Å². The van der Waals surface area contributed by atoms with E-state index < -0.39 is 28.4 Å². The Bertz CT molecular complexity index is 2680. The number of aryl methyl sites for hydroxylation is 1. The molecule has 11 nitrogen and oxygen atoms in total. The molecule has 6 aromatic carbocycles. The Kier molecular flexibility index (Phi) is 14.1. The Morgan fingerprint density at radius 2 is 1.37 bits per heavy atom. The first-order chi connectivity index (χ1) is 30.5. The van der Waals surface area contributed by atoms with Crippen LogP contribution in [-0.4, -0.2) is 62.1 Å². The highest BCUT2D eigenvalue weighted by Gasteiger charge is 2.29. The number of esters is 1. The molecule has 320 valence electrons. The van der Waals surface area contributed by atoms with Gasteiger partial charge in [0.1, 0.15) is 24.5 Å². The minimum absolute atomic E-state index is 0.0534. The predicted octanol–water partition coefficient (Wildman–Crippen LogP) is 8.68. The maximum atomic E-state index is 14.4. The van der Waals surface area contributed by atoms with Crippen molar-refractivity contribution in [3.63, 3.8) is 0 Å². The van der Waals surface area contributed by atoms with Gasteiger partial charge >= 0.3 is 5.97 Å². The van der Waals surface area contributed by atoms with Gasteiger partial charge in [-0.25, -0.2) is 13.2 Å². The lowest BCUT2D eigenvalue weighted by Crippen LogP contribution is -2.41. The summed E-state index contributed by atoms with van der Waals surface area (Å²) in [5, 5.41) is 9.12. The van der Waals surface area contributed by atoms with Crippen LogP contribution in [0.1, 0.15) is 72.9 Å². The fraction of sp³-hybridized carbons (Fsp3) is 0.216. The van der Waals surface area contributed by atoms with Crippen LogP contribution in [0.25, 0.3) is 0 Å². The van der Waals surface area contributed by atoms with Crippen molar-refractivity contribution >= 4 is 33.5 Å². The van der Waals surface area contributed by atoms with Crippen molar-refractivity contribution < 1.29 is 32.3 Å². The molecule has 0 radical (unpaired) electrons. The van der Waals surface area contributed by atoms with E-state index >= 15 is 0 Å². The SMILES string of the molecule is Cc1ccc(S(=O)(=O)N(C)CC(=O)N(Cc2ccc(C3CCN(C(=O)c4ccc(C#N)cc4)CC3)cc2)c2ccc(C(=O)OCc3ccccc3)c(OCc3ccccc3)c2)cc1. The number of likely N-dealkylation sites (N-methyl/N-ethyl adjacent to an activating group) is 1. The number of nitrogens with zero attached hydrogens (tertiary/aromatic N) is 4. The Labute approximate surface area is 368 Å². The third-order valence-corrected chi connectivity index (χ3v) is 13.0. The predicted molar refractivity (Wildman–Crippen MR) is 240 cm³/mol. The molecule has 2 amide bonds. The first-order valence-corrected chi connectivity index (χ1v) is 22.2. The van der Waals surface area contributed by atoms with Crippen molar-refractivity contribution in [2.75, 3.05) is 31.6 Å². The lowest BCUT2D eigenvalue weighted by Gasteiger charge is -2.32. The third kappa shape index (κ3) is 11.1. The zero-order valence-electron chi connectivity index (χ0n) is 35.2. The number of amides is 2. The number of carbonyl (C=O) groups excluding carboxylic acids is 3. The summed E-state index contributed by atoms with van der Waals surface area (Å²) in [6.07, 6.45) is 1.55. The van der Waals surface area contributed by atoms with E-state index in [-0.39, 0.29) is 47.8 Å². The van der Waals surface area contributed by atoms with Crippen molar-refractivity contribution in [1.82, 2.24) is 9.21 Å². The van der Waals surface area contributed by atoms with Crippen LogP contribution >= 0.6 is 0 Å². The molecular weight excluding hydrogens is 813 g/mol. The topological polar surface area (TPSA) is 137 Å². The molecule has 1 saturated heterocycles. The van der Waals surface area contributed by atoms with E-state index in [1.54, 1.807) is 54.6 Å². The molecule has 0 N–H and O–H groups in total. The van der Waals surface area contributed by atoms with E-state index in [1.807, 2.05) is 96.8 Å². The highest BCUT2D eigenvalue weighted by molar-refractivity contribution is 7.89. The maximum absolute atomic E-state index is 14.4. The molecule has 0 aromatic heterocycles. The normalized spacial score (nSPS) is 13.0. The summed E-state index contributed by atoms with van der Waals surface area (Å²) in [4.78, 5) is 44.6. The van der Waals surface area contributed by atoms with Crippen molar-refractivity contribution in [1.29, 1.82) is 5.26 Å². The number of anilines is 1. The molecule has 7 rings (SSSR count). The monoisotopic (exact) mass is 860 g/mol. The van der Waals surface area contributed by atoms with Crippen LogP contribution in [0.4, 0.5) is 5.69 Å². The van der Waals surface area contributed by atoms with Crippen LogP contribution in [0.5, 0.6) is 5.75 Å². The van der Waals surface area contributed by atoms with Crippen LogP contribution in [0.2, 0.25) is 0 Å². The second-order valence-electron chi connectivity index (χ2n) is 15.6. The molecule has 1 aliphatic rings. The zero-order valence-corrected chi connectivity index (χ0v) is 36.0. The smallest absolute Gasteiger partial charge is 0.342 e. The molecular formula is C51H48N4O7S. The van der Waals surface area contributed by atoms with Gasteiger partial charge in [-0.3, -0.25) is 9.59 Å². The lowest BCUT2D eigenvalue weighted by molar-refractivity contribution is -0.118. The van der Waals surface area contributed by atoms with Crippen LogP contribution in [0.15, 0.2) is 157 Å². The van der Waals surface area contributed by atoms with Crippen LogP contribution in [0.3, 0.4) is 0 Å². The first-order valence-electron chi connectivity index (χ1n) is 20.7. The van der Waals surface area contributed by atoms with Gasteiger partial charge in [-0.15, -0.1) is 0 Å². The number of nitriles is 1. The van der Waals surface area contributed by atoms with Gasteiger partial charge in [0, 0.05) is 37.5 Å². The lowest BCUT2D eigenvalue weighted by atomic mass is 9.88. The molecule has 0 spiro atoms. The van der Waals surface area contributed by atoms with Crippen molar-refractivity contribution in [3.8, 4) is 11.8 Å². The molecule has 1 fully saturated rings. The fourth-order valence-corrected chi connectivity index (χ4v) is 8.56. The second kappa shape index (κ2) is 20.2. The Morgan fingerprint density at radius 3 is 1.98 bits per heavy atom. The van der Waals surface area contributed by atoms with Crippen molar-refractivity contribution in [2.24, 2.45) is 0 Å². The molecule has 0 saturated carbocycles. The van der Waals surface area contributed by atoms with E-state index in [1.165, 1.54) is 24.1 Å². The molecule has 63 heavy (non-hydrogen) atoms. The average Bonchev–Trinajstić information content (AvgIpc) is 3.32. The van der Waals surface area contributed by atoms with E-state index in [0.29, 0.717) is 29.9 Å². The van der Waals surface area contributed by atoms with Gasteiger partial charge in [-0.05, 0) is 96.5 Å². The van der Waals surface area contributed by atoms with E-state index in [4.69, 9.17) is 14.7 Å². The highest BCUT2D eigenvalue weighted by atomic mass is 32.2. The Morgan fingerprint density at radius 1 is 0.746 bits per heavy atom. The molecule has 0 unspecified atom stereocenters. The number of ether oxygens (including phenoxy) is 2. The third-order valence-electron chi connectivity index (χ3n) is 11.2. The van der Waals surface area contributed by atoms with Crippen molar-refractivity contribution in [2.45, 2.75) is 50.3 Å². The quantitative estimate of drug-likeness (QED) is 0.0936. The zero-order chi connectivity index (χ0) is 44.3. The van der Waals surface area contributed by atoms with Gasteiger partial charge in [0.05, 0.1) is 29.6 Å². The Hall–Kier alpha value is -7.07. The van der Waals surface area contributed by atoms with Gasteiger partial charge in [-0.2, -0.15) is 9.57 Å². The standard InChI is InChI=1S/C51H48N4O7S/c1-37-13-24-46(25-14-37)63(59,60)53(2)34-49(56)55(33-39-17-19-42(20-18-39)43-27-29-54(30-28-43)50(57)44-21-15-38(32-52)16-22-44)45-23-26-47(51(58)62-36-41-11-7-4-8-12-41)48(31-45)61-35-40-9-5-3-6-10-40/h3-26,31,43H,27-30,33-36H2,1-2H3. The molecule has 6 aromatic rings. The number of likely N-dealkylation sites (tertiary alicyclic amines) is 1. The van der Waals surface area contributed by atoms with Crippen LogP contribution in [0, 0.1) is 18.3 Å². The van der Waals surface area contributed by atoms with Crippen LogP contribution in [-0.2, 0) is 39.3 Å². The summed E-state index contributed by atoms with van der Waals surface area (Å²) >= 11 is 0. The number of piperidine rings is 1. The van der Waals surface area contributed by atoms with Gasteiger partial charge in [0.2, 0.25) is 15.9 Å². The van der Waals surface area contributed by atoms with Crippen LogP contribution < -0.4 is 9.64 Å². The number of hydrogen-bond acceptors (Lipinski definition) is 8. The van der Waals surface area contributed by atoms with E-state index in [2.05, 4.69) is 6.07 Å². The number of rotatable bonds is 15. The second-order valence-corrected chi connectivity index (χ2v) is 17.6. The van der Waals surface area contributed by atoms with Crippen molar-refractivity contribution in [3.05, 3.63) is 196 Å². The summed E-state index contributed by atoms with van der Waals surface area (Å²) < 4.78 is 40.3. The average molecular weight is 861 g/mol. The van der Waals surface area contributed by atoms with E-state index in [9.17, 15) is 22.8 Å². The van der Waals surface area contributed by atoms with Gasteiger partial charge in [0.25, 0.3) is 5.91 Å². The molecule has 0 atom stereocenters. The van der Waals surface area contributed by atoms with Gasteiger partial charge in [0.15, 0.2) is 0 Å². The number of carbonyl (C=O) groups is 3. The minimum atomic E-state index is -4.02. The molecule has 0 bridgehead atoms. The highest BCUT2D eigenvalue weighted by Crippen LogP contribution is 2.32. The van der Waals surface area contributed by atoms with Gasteiger partial charge in [-0.1, -0.05) is 103 Å². The molecule has 0 aliphatic carbocycles. The largest absolute Gasteiger partial charge is 0.488 e. The number of sulfonamides is 1. The summed E-state index contributed by atoms with van der Waals surface area (Å²) in [6, 6.07) is 46.9. The summed E-state index contributed by atoms with van der Waals surface area (Å²) in [6.45, 7) is 2.87. The Balaban J connectivity index is 1.13. The summed E-state index contributed by atoms with van der Waals surface area (Å²) in [5.41, 5.74) is 6.13. The fourth-order valence-electron chi connectivity index (χ4n) is 7.44. The number of benzene rings is 6. The number of hydrogen-bond donors (Lipinski definition) is 0. The maximum Gasteiger partial charge on any atom is 0.342 e. The molecule has 1 heterocycles. The molecule has 1 aliphatic heterocycles. The minimum Gasteiger partial charge on any atom is -0.488 e. The molecule has 12 heteroatoms. The summed E-state index contributed by atoms with van der Waals surface area (Å²) in [7, 11) is -2.64.